The molecule has 19 heavy (non-hydrogen) atoms. The van der Waals surface area contributed by atoms with E-state index in [-0.39, 0.29) is 6.04 Å². The topological polar surface area (TPSA) is 68.0 Å². The van der Waals surface area contributed by atoms with Crippen molar-refractivity contribution in [1.29, 1.82) is 0 Å². The molecule has 2 rings (SSSR count). The van der Waals surface area contributed by atoms with Crippen molar-refractivity contribution in [2.24, 2.45) is 5.73 Å². The smallest absolute Gasteiger partial charge is 0.250 e. The first kappa shape index (κ1) is 13.5. The Kier molecular flexibility index (Phi) is 4.16. The standard InChI is InChI=1S/C14H14BrN3O/c1-9(10-3-2-4-12(15)7-10)18-13-6-5-11(8-17-13)14(16)19/h2-9H,1H3,(H2,16,19)(H,17,18). The number of nitrogens with one attached hydrogen (secondary N) is 1. The lowest BCUT2D eigenvalue weighted by Gasteiger charge is -2.15. The molecule has 0 aliphatic rings. The zero-order chi connectivity index (χ0) is 13.8. The molecule has 0 saturated carbocycles. The maximum absolute atomic E-state index is 10.9. The highest BCUT2D eigenvalue weighted by Gasteiger charge is 2.07. The molecule has 0 radical (unpaired) electrons. The summed E-state index contributed by atoms with van der Waals surface area (Å²) in [7, 11) is 0. The van der Waals surface area contributed by atoms with Crippen LogP contribution in [-0.4, -0.2) is 10.9 Å². The summed E-state index contributed by atoms with van der Waals surface area (Å²) < 4.78 is 1.04. The first-order valence-corrected chi connectivity index (χ1v) is 6.63. The van der Waals surface area contributed by atoms with Crippen LogP contribution in [0.25, 0.3) is 0 Å². The van der Waals surface area contributed by atoms with Crippen LogP contribution in [0.15, 0.2) is 47.1 Å². The number of primary amides is 1. The van der Waals surface area contributed by atoms with E-state index in [1.54, 1.807) is 12.1 Å². The minimum absolute atomic E-state index is 0.115. The van der Waals surface area contributed by atoms with E-state index in [4.69, 9.17) is 5.73 Å². The Morgan fingerprint density at radius 1 is 1.37 bits per heavy atom. The van der Waals surface area contributed by atoms with Crippen LogP contribution in [0.2, 0.25) is 0 Å². The molecule has 0 aliphatic heterocycles. The number of aromatic nitrogens is 1. The van der Waals surface area contributed by atoms with Crippen LogP contribution in [-0.2, 0) is 0 Å². The van der Waals surface area contributed by atoms with Crippen LogP contribution in [0.3, 0.4) is 0 Å². The summed E-state index contributed by atoms with van der Waals surface area (Å²) in [6.45, 7) is 2.05. The monoisotopic (exact) mass is 319 g/mol. The molecule has 0 aliphatic carbocycles. The summed E-state index contributed by atoms with van der Waals surface area (Å²) in [5, 5.41) is 3.27. The van der Waals surface area contributed by atoms with E-state index in [0.29, 0.717) is 11.4 Å². The fraction of sp³-hybridized carbons (Fsp3) is 0.143. The molecule has 0 bridgehead atoms. The predicted molar refractivity (Wildman–Crippen MR) is 78.9 cm³/mol. The number of benzene rings is 1. The van der Waals surface area contributed by atoms with E-state index in [9.17, 15) is 4.79 Å². The van der Waals surface area contributed by atoms with Crippen molar-refractivity contribution in [3.63, 3.8) is 0 Å². The Morgan fingerprint density at radius 2 is 2.16 bits per heavy atom. The Labute approximate surface area is 120 Å². The summed E-state index contributed by atoms with van der Waals surface area (Å²) in [5.41, 5.74) is 6.72. The number of amides is 1. The number of carbonyl (C=O) groups excluding carboxylic acids is 1. The predicted octanol–water partition coefficient (Wildman–Crippen LogP) is 3.12. The molecular formula is C14H14BrN3O. The van der Waals surface area contributed by atoms with Gasteiger partial charge in [-0.3, -0.25) is 4.79 Å². The fourth-order valence-corrected chi connectivity index (χ4v) is 2.12. The van der Waals surface area contributed by atoms with E-state index in [1.807, 2.05) is 25.1 Å². The van der Waals surface area contributed by atoms with Gasteiger partial charge in [-0.05, 0) is 36.8 Å². The molecule has 1 aromatic heterocycles. The van der Waals surface area contributed by atoms with Crippen molar-refractivity contribution >= 4 is 27.7 Å². The highest BCUT2D eigenvalue weighted by molar-refractivity contribution is 9.10. The van der Waals surface area contributed by atoms with Gasteiger partial charge in [0.25, 0.3) is 0 Å². The van der Waals surface area contributed by atoms with Gasteiger partial charge in [0, 0.05) is 16.7 Å². The molecule has 0 saturated heterocycles. The molecule has 1 atom stereocenters. The van der Waals surface area contributed by atoms with Crippen LogP contribution in [0.5, 0.6) is 0 Å². The first-order valence-electron chi connectivity index (χ1n) is 5.84. The SMILES string of the molecule is CC(Nc1ccc(C(N)=O)cn1)c1cccc(Br)c1. The average molecular weight is 320 g/mol. The van der Waals surface area contributed by atoms with Gasteiger partial charge >= 0.3 is 0 Å². The van der Waals surface area contributed by atoms with Crippen molar-refractivity contribution in [1.82, 2.24) is 4.98 Å². The van der Waals surface area contributed by atoms with Crippen LogP contribution in [0.1, 0.15) is 28.9 Å². The number of halogens is 1. The average Bonchev–Trinajstić information content (AvgIpc) is 2.39. The molecule has 1 heterocycles. The zero-order valence-electron chi connectivity index (χ0n) is 10.4. The van der Waals surface area contributed by atoms with E-state index < -0.39 is 5.91 Å². The third kappa shape index (κ3) is 3.54. The highest BCUT2D eigenvalue weighted by atomic mass is 79.9. The summed E-state index contributed by atoms with van der Waals surface area (Å²) in [6, 6.07) is 11.6. The molecule has 3 N–H and O–H groups in total. The Bertz CT molecular complexity index is 583. The van der Waals surface area contributed by atoms with Gasteiger partial charge in [0.2, 0.25) is 5.91 Å². The van der Waals surface area contributed by atoms with E-state index in [2.05, 4.69) is 32.3 Å². The molecule has 2 aromatic rings. The second kappa shape index (κ2) is 5.84. The number of hydrogen-bond donors (Lipinski definition) is 2. The highest BCUT2D eigenvalue weighted by Crippen LogP contribution is 2.21. The molecule has 5 heteroatoms. The lowest BCUT2D eigenvalue weighted by molar-refractivity contribution is 0.1000. The van der Waals surface area contributed by atoms with Gasteiger partial charge in [-0.25, -0.2) is 4.98 Å². The van der Waals surface area contributed by atoms with Crippen molar-refractivity contribution in [2.75, 3.05) is 5.32 Å². The molecular weight excluding hydrogens is 306 g/mol. The molecule has 1 aromatic carbocycles. The van der Waals surface area contributed by atoms with E-state index >= 15 is 0 Å². The van der Waals surface area contributed by atoms with Crippen molar-refractivity contribution in [3.05, 3.63) is 58.2 Å². The lowest BCUT2D eigenvalue weighted by Crippen LogP contribution is -2.12. The molecule has 98 valence electrons. The summed E-state index contributed by atoms with van der Waals surface area (Å²) in [5.74, 6) is 0.233. The van der Waals surface area contributed by atoms with Crippen LogP contribution in [0, 0.1) is 0 Å². The van der Waals surface area contributed by atoms with Crippen molar-refractivity contribution in [2.45, 2.75) is 13.0 Å². The maximum atomic E-state index is 10.9. The van der Waals surface area contributed by atoms with E-state index in [0.717, 1.165) is 10.0 Å². The Morgan fingerprint density at radius 3 is 2.74 bits per heavy atom. The van der Waals surface area contributed by atoms with Crippen LogP contribution >= 0.6 is 15.9 Å². The Balaban J connectivity index is 2.10. The van der Waals surface area contributed by atoms with Crippen LogP contribution < -0.4 is 11.1 Å². The second-order valence-corrected chi connectivity index (χ2v) is 5.13. The summed E-state index contributed by atoms with van der Waals surface area (Å²) >= 11 is 3.45. The van der Waals surface area contributed by atoms with Crippen molar-refractivity contribution in [3.8, 4) is 0 Å². The van der Waals surface area contributed by atoms with Crippen LogP contribution in [0.4, 0.5) is 5.82 Å². The number of nitrogens with two attached hydrogens (primary N) is 1. The number of anilines is 1. The molecule has 0 spiro atoms. The van der Waals surface area contributed by atoms with Crippen molar-refractivity contribution < 1.29 is 4.79 Å². The zero-order valence-corrected chi connectivity index (χ0v) is 12.0. The third-order valence-corrected chi connectivity index (χ3v) is 3.25. The first-order chi connectivity index (χ1) is 9.06. The number of carbonyl (C=O) groups is 1. The van der Waals surface area contributed by atoms with Gasteiger partial charge < -0.3 is 11.1 Å². The lowest BCUT2D eigenvalue weighted by atomic mass is 10.1. The third-order valence-electron chi connectivity index (χ3n) is 2.76. The Hall–Kier alpha value is -1.88. The minimum atomic E-state index is -0.473. The normalized spacial score (nSPS) is 11.9. The van der Waals surface area contributed by atoms with Gasteiger partial charge in [0.1, 0.15) is 5.82 Å². The fourth-order valence-electron chi connectivity index (χ4n) is 1.71. The molecule has 1 amide bonds. The van der Waals surface area contributed by atoms with Gasteiger partial charge in [-0.1, -0.05) is 28.1 Å². The molecule has 1 unspecified atom stereocenters. The van der Waals surface area contributed by atoms with Gasteiger partial charge in [0.05, 0.1) is 5.56 Å². The molecule has 0 fully saturated rings. The van der Waals surface area contributed by atoms with Gasteiger partial charge in [0.15, 0.2) is 0 Å². The number of hydrogen-bond acceptors (Lipinski definition) is 3. The largest absolute Gasteiger partial charge is 0.366 e. The summed E-state index contributed by atoms with van der Waals surface area (Å²) in [4.78, 5) is 15.1. The number of nitrogens with zero attached hydrogens (tertiary/aromatic N) is 1. The number of rotatable bonds is 4. The maximum Gasteiger partial charge on any atom is 0.250 e. The van der Waals surface area contributed by atoms with Gasteiger partial charge in [-0.2, -0.15) is 0 Å². The quantitative estimate of drug-likeness (QED) is 0.909. The number of pyridine rings is 1. The second-order valence-electron chi connectivity index (χ2n) is 4.22. The van der Waals surface area contributed by atoms with E-state index in [1.165, 1.54) is 6.20 Å². The molecule has 4 nitrogen and oxygen atoms in total. The summed E-state index contributed by atoms with van der Waals surface area (Å²) in [6.07, 6.45) is 1.47. The minimum Gasteiger partial charge on any atom is -0.366 e. The van der Waals surface area contributed by atoms with Gasteiger partial charge in [-0.15, -0.1) is 0 Å².